The molecule has 0 aromatic heterocycles. The van der Waals surface area contributed by atoms with Crippen LogP contribution >= 0.6 is 0 Å². The van der Waals surface area contributed by atoms with Crippen molar-refractivity contribution < 1.29 is 15.0 Å². The van der Waals surface area contributed by atoms with Gasteiger partial charge in [0.15, 0.2) is 0 Å². The number of rotatable bonds is 3. The molecule has 0 aromatic rings. The lowest BCUT2D eigenvalue weighted by molar-refractivity contribution is -0.139. The normalized spacial score (nSPS) is 31.2. The fraction of sp³-hybridized carbons (Fsp3) is 0.889. The minimum absolute atomic E-state index is 0.183. The van der Waals surface area contributed by atoms with Crippen molar-refractivity contribution in [1.29, 1.82) is 0 Å². The van der Waals surface area contributed by atoms with Gasteiger partial charge in [0.2, 0.25) is 0 Å². The van der Waals surface area contributed by atoms with Crippen molar-refractivity contribution >= 4 is 5.97 Å². The molecular weight excluding hydrogens is 170 g/mol. The van der Waals surface area contributed by atoms with Gasteiger partial charge < -0.3 is 15.9 Å². The fourth-order valence-corrected chi connectivity index (χ4v) is 1.84. The van der Waals surface area contributed by atoms with E-state index in [1.54, 1.807) is 0 Å². The monoisotopic (exact) mass is 187 g/mol. The van der Waals surface area contributed by atoms with Gasteiger partial charge in [-0.3, -0.25) is 4.79 Å². The van der Waals surface area contributed by atoms with Gasteiger partial charge in [-0.25, -0.2) is 0 Å². The lowest BCUT2D eigenvalue weighted by Gasteiger charge is -2.26. The quantitative estimate of drug-likeness (QED) is 0.595. The van der Waals surface area contributed by atoms with Gasteiger partial charge in [0.25, 0.3) is 0 Å². The summed E-state index contributed by atoms with van der Waals surface area (Å²) in [7, 11) is 0. The Hall–Kier alpha value is -0.610. The summed E-state index contributed by atoms with van der Waals surface area (Å²) in [5.41, 5.74) is 5.42. The molecule has 4 N–H and O–H groups in total. The number of carboxylic acids is 1. The maximum atomic E-state index is 10.5. The van der Waals surface area contributed by atoms with Crippen LogP contribution in [0.1, 0.15) is 32.1 Å². The average Bonchev–Trinajstić information content (AvgIpc) is 2.08. The number of carboxylic acid groups (broad SMARTS) is 1. The van der Waals surface area contributed by atoms with E-state index in [-0.39, 0.29) is 6.10 Å². The summed E-state index contributed by atoms with van der Waals surface area (Å²) in [6, 6.07) is -0.736. The Balaban J connectivity index is 2.26. The molecule has 1 saturated carbocycles. The van der Waals surface area contributed by atoms with Crippen molar-refractivity contribution in [3.05, 3.63) is 0 Å². The van der Waals surface area contributed by atoms with Gasteiger partial charge in [0.05, 0.1) is 6.10 Å². The molecule has 1 atom stereocenters. The second kappa shape index (κ2) is 4.58. The number of aliphatic carboxylic acids is 1. The van der Waals surface area contributed by atoms with Gasteiger partial charge in [-0.2, -0.15) is 0 Å². The summed E-state index contributed by atoms with van der Waals surface area (Å²) < 4.78 is 0. The molecule has 0 radical (unpaired) electrons. The summed E-state index contributed by atoms with van der Waals surface area (Å²) in [6.45, 7) is 0. The largest absolute Gasteiger partial charge is 0.480 e. The predicted molar refractivity (Wildman–Crippen MR) is 48.2 cm³/mol. The zero-order valence-corrected chi connectivity index (χ0v) is 7.65. The van der Waals surface area contributed by atoms with E-state index in [4.69, 9.17) is 10.8 Å². The second-order valence-corrected chi connectivity index (χ2v) is 3.85. The molecule has 0 saturated heterocycles. The SMILES string of the molecule is N[C@@H](C[C@H]1CC[C@H](O)CC1)C(=O)O. The van der Waals surface area contributed by atoms with Crippen LogP contribution in [0.4, 0.5) is 0 Å². The molecule has 0 aliphatic heterocycles. The lowest BCUT2D eigenvalue weighted by atomic mass is 9.83. The number of hydrogen-bond donors (Lipinski definition) is 3. The fourth-order valence-electron chi connectivity index (χ4n) is 1.84. The highest BCUT2D eigenvalue weighted by Gasteiger charge is 2.23. The van der Waals surface area contributed by atoms with Gasteiger partial charge in [-0.15, -0.1) is 0 Å². The minimum atomic E-state index is -0.925. The molecule has 4 heteroatoms. The van der Waals surface area contributed by atoms with Crippen molar-refractivity contribution in [1.82, 2.24) is 0 Å². The molecule has 1 aliphatic carbocycles. The number of aliphatic hydroxyl groups excluding tert-OH is 1. The van der Waals surface area contributed by atoms with E-state index >= 15 is 0 Å². The number of aliphatic hydroxyl groups is 1. The van der Waals surface area contributed by atoms with E-state index in [1.807, 2.05) is 0 Å². The molecule has 0 unspecified atom stereocenters. The molecule has 13 heavy (non-hydrogen) atoms. The first-order valence-corrected chi connectivity index (χ1v) is 4.76. The van der Waals surface area contributed by atoms with Gasteiger partial charge in [-0.1, -0.05) is 0 Å². The Morgan fingerprint density at radius 2 is 1.92 bits per heavy atom. The molecule has 1 aliphatic rings. The van der Waals surface area contributed by atoms with Crippen LogP contribution in [0, 0.1) is 5.92 Å². The third kappa shape index (κ3) is 3.32. The lowest BCUT2D eigenvalue weighted by Crippen LogP contribution is -2.33. The number of nitrogens with two attached hydrogens (primary N) is 1. The molecule has 0 aromatic carbocycles. The summed E-state index contributed by atoms with van der Waals surface area (Å²) in [6.07, 6.45) is 3.75. The first-order chi connectivity index (χ1) is 6.09. The van der Waals surface area contributed by atoms with Crippen LogP contribution in [0.15, 0.2) is 0 Å². The van der Waals surface area contributed by atoms with Crippen molar-refractivity contribution in [3.63, 3.8) is 0 Å². The summed E-state index contributed by atoms with van der Waals surface area (Å²) in [5, 5.41) is 17.8. The molecule has 0 spiro atoms. The molecule has 1 fully saturated rings. The molecule has 0 bridgehead atoms. The Morgan fingerprint density at radius 1 is 1.38 bits per heavy atom. The van der Waals surface area contributed by atoms with Crippen LogP contribution in [-0.4, -0.2) is 28.3 Å². The van der Waals surface area contributed by atoms with Crippen molar-refractivity contribution in [2.24, 2.45) is 11.7 Å². The summed E-state index contributed by atoms with van der Waals surface area (Å²) in [4.78, 5) is 10.5. The highest BCUT2D eigenvalue weighted by atomic mass is 16.4. The first kappa shape index (κ1) is 10.5. The standard InChI is InChI=1S/C9H17NO3/c10-8(9(12)13)5-6-1-3-7(11)4-2-6/h6-8,11H,1-5,10H2,(H,12,13)/t6-,7-,8-/m0/s1. The highest BCUT2D eigenvalue weighted by Crippen LogP contribution is 2.27. The summed E-state index contributed by atoms with van der Waals surface area (Å²) in [5.74, 6) is -0.541. The number of carbonyl (C=O) groups is 1. The number of hydrogen-bond acceptors (Lipinski definition) is 3. The zero-order valence-electron chi connectivity index (χ0n) is 7.65. The molecule has 76 valence electrons. The van der Waals surface area contributed by atoms with Crippen LogP contribution < -0.4 is 5.73 Å². The van der Waals surface area contributed by atoms with E-state index in [9.17, 15) is 9.90 Å². The average molecular weight is 187 g/mol. The van der Waals surface area contributed by atoms with E-state index in [1.165, 1.54) is 0 Å². The van der Waals surface area contributed by atoms with Crippen molar-refractivity contribution in [2.45, 2.75) is 44.2 Å². The maximum absolute atomic E-state index is 10.5. The molecule has 4 nitrogen and oxygen atoms in total. The van der Waals surface area contributed by atoms with Gasteiger partial charge in [-0.05, 0) is 38.0 Å². The smallest absolute Gasteiger partial charge is 0.320 e. The van der Waals surface area contributed by atoms with E-state index in [0.717, 1.165) is 25.7 Å². The molecule has 0 heterocycles. The predicted octanol–water partition coefficient (Wildman–Crippen LogP) is 0.339. The van der Waals surface area contributed by atoms with Gasteiger partial charge >= 0.3 is 5.97 Å². The van der Waals surface area contributed by atoms with E-state index in [2.05, 4.69) is 0 Å². The summed E-state index contributed by atoms with van der Waals surface area (Å²) >= 11 is 0. The van der Waals surface area contributed by atoms with Crippen LogP contribution in [-0.2, 0) is 4.79 Å². The van der Waals surface area contributed by atoms with Crippen LogP contribution in [0.5, 0.6) is 0 Å². The van der Waals surface area contributed by atoms with Crippen LogP contribution in [0.3, 0.4) is 0 Å². The Bertz CT molecular complexity index is 176. The maximum Gasteiger partial charge on any atom is 0.320 e. The van der Waals surface area contributed by atoms with E-state index < -0.39 is 12.0 Å². The first-order valence-electron chi connectivity index (χ1n) is 4.76. The van der Waals surface area contributed by atoms with Crippen molar-refractivity contribution in [3.8, 4) is 0 Å². The molecular formula is C9H17NO3. The molecule has 0 amide bonds. The Kier molecular flexibility index (Phi) is 3.69. The van der Waals surface area contributed by atoms with Crippen molar-refractivity contribution in [2.75, 3.05) is 0 Å². The van der Waals surface area contributed by atoms with Gasteiger partial charge in [0.1, 0.15) is 6.04 Å². The van der Waals surface area contributed by atoms with Crippen LogP contribution in [0.2, 0.25) is 0 Å². The molecule has 1 rings (SSSR count). The second-order valence-electron chi connectivity index (χ2n) is 3.85. The van der Waals surface area contributed by atoms with E-state index in [0.29, 0.717) is 12.3 Å². The zero-order chi connectivity index (χ0) is 9.84. The minimum Gasteiger partial charge on any atom is -0.480 e. The Labute approximate surface area is 77.7 Å². The van der Waals surface area contributed by atoms with Gasteiger partial charge in [0, 0.05) is 0 Å². The third-order valence-corrected chi connectivity index (χ3v) is 2.72. The third-order valence-electron chi connectivity index (χ3n) is 2.72. The highest BCUT2D eigenvalue weighted by molar-refractivity contribution is 5.73. The Morgan fingerprint density at radius 3 is 2.38 bits per heavy atom. The topological polar surface area (TPSA) is 83.5 Å². The van der Waals surface area contributed by atoms with Crippen LogP contribution in [0.25, 0.3) is 0 Å².